The van der Waals surface area contributed by atoms with Crippen molar-refractivity contribution in [2.45, 2.75) is 6.54 Å². The molecule has 1 aliphatic heterocycles. The van der Waals surface area contributed by atoms with Crippen LogP contribution in [0.2, 0.25) is 0 Å². The minimum Gasteiger partial charge on any atom is -0.497 e. The Morgan fingerprint density at radius 3 is 2.68 bits per heavy atom. The number of fused-ring (bicyclic) bond motifs is 1. The molecule has 0 N–H and O–H groups in total. The number of carbonyl (C=O) groups is 1. The second kappa shape index (κ2) is 7.13. The first-order valence-corrected chi connectivity index (χ1v) is 7.90. The molecule has 0 fully saturated rings. The number of hydrogen-bond acceptors (Lipinski definition) is 4. The van der Waals surface area contributed by atoms with Crippen molar-refractivity contribution in [1.29, 1.82) is 0 Å². The summed E-state index contributed by atoms with van der Waals surface area (Å²) in [5, 5.41) is 2.68. The van der Waals surface area contributed by atoms with Crippen LogP contribution in [0.15, 0.2) is 72.1 Å². The van der Waals surface area contributed by atoms with Crippen molar-refractivity contribution in [2.75, 3.05) is 13.7 Å². The van der Waals surface area contributed by atoms with E-state index in [-0.39, 0.29) is 0 Å². The molecule has 1 aliphatic rings. The van der Waals surface area contributed by atoms with Gasteiger partial charge >= 0.3 is 5.91 Å². The van der Waals surface area contributed by atoms with Crippen LogP contribution in [0.5, 0.6) is 5.75 Å². The Balaban J connectivity index is 2.33. The van der Waals surface area contributed by atoms with Crippen LogP contribution in [0.3, 0.4) is 0 Å². The Hall–Kier alpha value is -3.21. The summed E-state index contributed by atoms with van der Waals surface area (Å²) in [4.78, 5) is 25.2. The lowest BCUT2D eigenvalue weighted by molar-refractivity contribution is -0.116. The van der Waals surface area contributed by atoms with Crippen molar-refractivity contribution in [2.24, 2.45) is 5.18 Å². The summed E-state index contributed by atoms with van der Waals surface area (Å²) in [5.74, 6) is -0.0932. The van der Waals surface area contributed by atoms with E-state index in [1.165, 1.54) is 0 Å². The molecule has 126 valence electrons. The maximum atomic E-state index is 12.4. The predicted molar refractivity (Wildman–Crippen MR) is 96.9 cm³/mol. The third kappa shape index (κ3) is 3.08. The minimum absolute atomic E-state index is 0.293. The molecule has 25 heavy (non-hydrogen) atoms. The molecule has 0 atom stereocenters. The van der Waals surface area contributed by atoms with Gasteiger partial charge in [-0.2, -0.15) is 0 Å². The molecule has 0 saturated carbocycles. The maximum Gasteiger partial charge on any atom is 0.333 e. The molecule has 0 saturated heterocycles. The molecule has 0 radical (unpaired) electrons. The van der Waals surface area contributed by atoms with Crippen molar-refractivity contribution in [3.05, 3.63) is 88.5 Å². The summed E-state index contributed by atoms with van der Waals surface area (Å²) in [6, 6.07) is 15.3. The van der Waals surface area contributed by atoms with Crippen LogP contribution >= 0.6 is 0 Å². The highest BCUT2D eigenvalue weighted by atomic mass is 16.5. The van der Waals surface area contributed by atoms with Crippen LogP contribution in [0.25, 0.3) is 5.57 Å². The van der Waals surface area contributed by atoms with Gasteiger partial charge in [-0.1, -0.05) is 42.5 Å². The fourth-order valence-corrected chi connectivity index (χ4v) is 3.12. The number of carbonyl (C=O) groups excluding carboxylic acids is 1. The quantitative estimate of drug-likeness (QED) is 0.617. The summed E-state index contributed by atoms with van der Waals surface area (Å²) in [5.41, 5.74) is 3.74. The molecule has 0 spiro atoms. The molecule has 0 aromatic heterocycles. The summed E-state index contributed by atoms with van der Waals surface area (Å²) < 4.78 is 5.34. The molecule has 2 aromatic rings. The average Bonchev–Trinajstić information content (AvgIpc) is 2.67. The predicted octanol–water partition coefficient (Wildman–Crippen LogP) is 3.75. The molecule has 3 rings (SSSR count). The van der Waals surface area contributed by atoms with E-state index < -0.39 is 5.91 Å². The molecule has 5 nitrogen and oxygen atoms in total. The van der Waals surface area contributed by atoms with Crippen molar-refractivity contribution in [3.63, 3.8) is 0 Å². The average molecular weight is 334 g/mol. The van der Waals surface area contributed by atoms with E-state index in [0.29, 0.717) is 30.1 Å². The van der Waals surface area contributed by atoms with E-state index in [0.717, 1.165) is 16.7 Å². The Morgan fingerprint density at radius 2 is 2.04 bits per heavy atom. The van der Waals surface area contributed by atoms with Gasteiger partial charge in [0.25, 0.3) is 0 Å². The van der Waals surface area contributed by atoms with Gasteiger partial charge in [0.1, 0.15) is 11.4 Å². The van der Waals surface area contributed by atoms with E-state index in [1.807, 2.05) is 53.4 Å². The van der Waals surface area contributed by atoms with Crippen LogP contribution in [0, 0.1) is 4.91 Å². The van der Waals surface area contributed by atoms with Gasteiger partial charge in [-0.3, -0.25) is 4.79 Å². The number of ether oxygens (including phenoxy) is 1. The first kappa shape index (κ1) is 16.6. The molecule has 0 bridgehead atoms. The Bertz CT molecular complexity index is 856. The van der Waals surface area contributed by atoms with Crippen LogP contribution < -0.4 is 4.74 Å². The normalized spacial score (nSPS) is 13.2. The molecular weight excluding hydrogens is 316 g/mol. The zero-order chi connectivity index (χ0) is 17.8. The first-order valence-electron chi connectivity index (χ1n) is 7.90. The lowest BCUT2D eigenvalue weighted by atomic mass is 9.88. The summed E-state index contributed by atoms with van der Waals surface area (Å²) >= 11 is 0. The Kier molecular flexibility index (Phi) is 4.75. The fourth-order valence-electron chi connectivity index (χ4n) is 3.12. The van der Waals surface area contributed by atoms with Crippen molar-refractivity contribution in [1.82, 2.24) is 4.90 Å². The number of nitroso groups, excluding NO2 is 1. The van der Waals surface area contributed by atoms with Gasteiger partial charge in [-0.25, -0.2) is 0 Å². The van der Waals surface area contributed by atoms with Crippen molar-refractivity contribution < 1.29 is 9.53 Å². The van der Waals surface area contributed by atoms with E-state index >= 15 is 0 Å². The van der Waals surface area contributed by atoms with Gasteiger partial charge in [0, 0.05) is 23.8 Å². The monoisotopic (exact) mass is 334 g/mol. The van der Waals surface area contributed by atoms with Gasteiger partial charge in [0.05, 0.1) is 7.11 Å². The smallest absolute Gasteiger partial charge is 0.333 e. The zero-order valence-corrected chi connectivity index (χ0v) is 13.9. The SMILES string of the molecule is C=CCN1Cc2ccc(OC)cc2C(c2ccccc2)=C1C(=O)N=O. The lowest BCUT2D eigenvalue weighted by Gasteiger charge is -2.33. The molecule has 1 heterocycles. The highest BCUT2D eigenvalue weighted by Gasteiger charge is 2.30. The summed E-state index contributed by atoms with van der Waals surface area (Å²) in [6.07, 6.45) is 1.70. The Morgan fingerprint density at radius 1 is 1.28 bits per heavy atom. The molecule has 0 aliphatic carbocycles. The molecule has 2 aromatic carbocycles. The van der Waals surface area contributed by atoms with E-state index in [4.69, 9.17) is 4.74 Å². The van der Waals surface area contributed by atoms with Gasteiger partial charge in [-0.05, 0) is 28.8 Å². The number of nitrogens with zero attached hydrogens (tertiary/aromatic N) is 2. The van der Waals surface area contributed by atoms with Crippen LogP contribution in [0.4, 0.5) is 0 Å². The summed E-state index contributed by atoms with van der Waals surface area (Å²) in [7, 11) is 1.60. The second-order valence-corrected chi connectivity index (χ2v) is 5.68. The van der Waals surface area contributed by atoms with Crippen molar-refractivity contribution >= 4 is 11.5 Å². The van der Waals surface area contributed by atoms with Crippen molar-refractivity contribution in [3.8, 4) is 5.75 Å². The van der Waals surface area contributed by atoms with Crippen LogP contribution in [-0.4, -0.2) is 24.5 Å². The number of rotatable bonds is 5. The minimum atomic E-state index is -0.783. The molecule has 0 unspecified atom stereocenters. The highest BCUT2D eigenvalue weighted by Crippen LogP contribution is 2.38. The maximum absolute atomic E-state index is 12.4. The summed E-state index contributed by atoms with van der Waals surface area (Å²) in [6.45, 7) is 4.69. The van der Waals surface area contributed by atoms with E-state index in [1.54, 1.807) is 13.2 Å². The standard InChI is InChI=1S/C20H18N2O3/c1-3-11-22-13-15-9-10-16(25-2)12-17(15)18(19(22)20(23)21-24)14-7-5-4-6-8-14/h3-10,12H,1,11,13H2,2H3. The van der Waals surface area contributed by atoms with Gasteiger partial charge in [-0.15, -0.1) is 11.5 Å². The zero-order valence-electron chi connectivity index (χ0n) is 13.9. The van der Waals surface area contributed by atoms with Gasteiger partial charge in [0.15, 0.2) is 0 Å². The number of benzene rings is 2. The molecular formula is C20H18N2O3. The fraction of sp³-hybridized carbons (Fsp3) is 0.150. The topological polar surface area (TPSA) is 59.0 Å². The highest BCUT2D eigenvalue weighted by molar-refractivity contribution is 6.05. The Labute approximate surface area is 146 Å². The lowest BCUT2D eigenvalue weighted by Crippen LogP contribution is -2.31. The van der Waals surface area contributed by atoms with Gasteiger partial charge in [0.2, 0.25) is 0 Å². The van der Waals surface area contributed by atoms with Crippen LogP contribution in [0.1, 0.15) is 16.7 Å². The van der Waals surface area contributed by atoms with E-state index in [9.17, 15) is 9.70 Å². The van der Waals surface area contributed by atoms with Crippen LogP contribution in [-0.2, 0) is 11.3 Å². The molecule has 1 amide bonds. The number of hydrogen-bond donors (Lipinski definition) is 0. The van der Waals surface area contributed by atoms with E-state index in [2.05, 4.69) is 11.8 Å². The largest absolute Gasteiger partial charge is 0.497 e. The van der Waals surface area contributed by atoms with Gasteiger partial charge < -0.3 is 9.64 Å². The second-order valence-electron chi connectivity index (χ2n) is 5.68. The molecule has 5 heteroatoms. The third-order valence-corrected chi connectivity index (χ3v) is 4.20. The number of amides is 1. The first-order chi connectivity index (χ1) is 12.2. The number of methoxy groups -OCH3 is 1. The third-order valence-electron chi connectivity index (χ3n) is 4.20.